The predicted octanol–water partition coefficient (Wildman–Crippen LogP) is 3.42. The molecule has 32 heavy (non-hydrogen) atoms. The number of halogens is 1. The highest BCUT2D eigenvalue weighted by Gasteiger charge is 2.48. The van der Waals surface area contributed by atoms with Crippen molar-refractivity contribution in [1.82, 2.24) is 0 Å². The van der Waals surface area contributed by atoms with Crippen LogP contribution in [0, 0.1) is 0 Å². The fourth-order valence-corrected chi connectivity index (χ4v) is 7.56. The standard InChI is InChI=1S/C26H57NO3Si.ClH/c1-8-10-11-12-13-14-15-16-17-18-19-20-21-23-26(31(28-5,29-6)30-7)24-25(22-9-2)27(3)4;/h25-26H,8-24H2,1-7H3;1H. The van der Waals surface area contributed by atoms with Crippen molar-refractivity contribution in [2.24, 2.45) is 0 Å². The Bertz CT molecular complexity index is 376. The van der Waals surface area contributed by atoms with E-state index in [9.17, 15) is 0 Å². The van der Waals surface area contributed by atoms with Gasteiger partial charge in [-0.25, -0.2) is 0 Å². The molecule has 0 aliphatic rings. The molecule has 0 saturated heterocycles. The van der Waals surface area contributed by atoms with Crippen LogP contribution in [0.15, 0.2) is 0 Å². The molecule has 6 heteroatoms. The van der Waals surface area contributed by atoms with Gasteiger partial charge in [0, 0.05) is 33.3 Å². The van der Waals surface area contributed by atoms with Crippen molar-refractivity contribution in [2.75, 3.05) is 35.4 Å². The topological polar surface area (TPSA) is 32.1 Å². The van der Waals surface area contributed by atoms with E-state index >= 15 is 0 Å². The molecule has 0 bridgehead atoms. The van der Waals surface area contributed by atoms with Gasteiger partial charge in [-0.15, -0.1) is 0 Å². The minimum absolute atomic E-state index is 0. The average Bonchev–Trinajstić information content (AvgIpc) is 2.77. The lowest BCUT2D eigenvalue weighted by Gasteiger charge is -2.35. The maximum atomic E-state index is 5.91. The Morgan fingerprint density at radius 3 is 1.34 bits per heavy atom. The summed E-state index contributed by atoms with van der Waals surface area (Å²) in [5.74, 6) is 0. The van der Waals surface area contributed by atoms with Gasteiger partial charge in [-0.2, -0.15) is 0 Å². The Morgan fingerprint density at radius 1 is 0.594 bits per heavy atom. The monoisotopic (exact) mass is 495 g/mol. The van der Waals surface area contributed by atoms with Crippen molar-refractivity contribution in [1.29, 1.82) is 0 Å². The van der Waals surface area contributed by atoms with Crippen molar-refractivity contribution in [2.45, 2.75) is 135 Å². The van der Waals surface area contributed by atoms with Gasteiger partial charge in [0.2, 0.25) is 0 Å². The summed E-state index contributed by atoms with van der Waals surface area (Å²) >= 11 is 0. The van der Waals surface area contributed by atoms with Crippen LogP contribution in [0.1, 0.15) is 123 Å². The van der Waals surface area contributed by atoms with Gasteiger partial charge in [-0.3, -0.25) is 0 Å². The molecule has 0 saturated carbocycles. The van der Waals surface area contributed by atoms with Crippen molar-refractivity contribution < 1.29 is 30.6 Å². The summed E-state index contributed by atoms with van der Waals surface area (Å²) in [6.07, 6.45) is 22.9. The molecule has 0 aliphatic carbocycles. The van der Waals surface area contributed by atoms with Crippen molar-refractivity contribution >= 4 is 8.80 Å². The lowest BCUT2D eigenvalue weighted by molar-refractivity contribution is -0.886. The second-order valence-corrected chi connectivity index (χ2v) is 13.0. The lowest BCUT2D eigenvalue weighted by Crippen LogP contribution is -3.10. The number of unbranched alkanes of at least 4 members (excludes halogenated alkanes) is 12. The summed E-state index contributed by atoms with van der Waals surface area (Å²) in [7, 11) is 7.27. The SMILES string of the molecule is CCCCCCCCCCCCCCCC(CC(CCC)[NH+](C)C)[Si](OC)(OC)OC.[Cl-]. The van der Waals surface area contributed by atoms with E-state index < -0.39 is 8.80 Å². The Hall–Kier alpha value is 0.347. The Morgan fingerprint density at radius 2 is 1.00 bits per heavy atom. The highest BCUT2D eigenvalue weighted by atomic mass is 35.5. The van der Waals surface area contributed by atoms with Crippen LogP contribution in [-0.2, 0) is 13.3 Å². The molecular weight excluding hydrogens is 438 g/mol. The van der Waals surface area contributed by atoms with E-state index in [1.54, 1.807) is 21.3 Å². The molecule has 0 amide bonds. The van der Waals surface area contributed by atoms with Crippen LogP contribution in [0.25, 0.3) is 0 Å². The largest absolute Gasteiger partial charge is 1.00 e. The molecule has 0 spiro atoms. The van der Waals surface area contributed by atoms with Gasteiger partial charge >= 0.3 is 8.80 Å². The van der Waals surface area contributed by atoms with Gasteiger partial charge in [0.15, 0.2) is 0 Å². The fourth-order valence-electron chi connectivity index (χ4n) is 4.93. The number of hydrogen-bond donors (Lipinski definition) is 1. The van der Waals surface area contributed by atoms with Gasteiger partial charge in [0.1, 0.15) is 0 Å². The zero-order valence-electron chi connectivity index (χ0n) is 22.8. The minimum Gasteiger partial charge on any atom is -1.00 e. The van der Waals surface area contributed by atoms with Crippen LogP contribution in [0.5, 0.6) is 0 Å². The Balaban J connectivity index is 0. The smallest absolute Gasteiger partial charge is 0.503 e. The van der Waals surface area contributed by atoms with E-state index in [-0.39, 0.29) is 12.4 Å². The third-order valence-corrected chi connectivity index (χ3v) is 10.3. The molecule has 196 valence electrons. The van der Waals surface area contributed by atoms with Crippen LogP contribution >= 0.6 is 0 Å². The molecular formula is C26H58ClNO3Si. The minimum atomic E-state index is -2.60. The maximum Gasteiger partial charge on any atom is 0.503 e. The van der Waals surface area contributed by atoms with E-state index in [0.29, 0.717) is 11.6 Å². The molecule has 0 heterocycles. The molecule has 2 unspecified atom stereocenters. The number of quaternary nitrogens is 1. The van der Waals surface area contributed by atoms with Crippen LogP contribution in [0.3, 0.4) is 0 Å². The summed E-state index contributed by atoms with van der Waals surface area (Å²) in [5, 5.41) is 0. The summed E-state index contributed by atoms with van der Waals surface area (Å²) < 4.78 is 17.7. The molecule has 1 N–H and O–H groups in total. The second kappa shape index (κ2) is 23.1. The summed E-state index contributed by atoms with van der Waals surface area (Å²) in [6.45, 7) is 4.57. The number of nitrogens with one attached hydrogen (secondary N) is 1. The molecule has 0 aromatic rings. The quantitative estimate of drug-likeness (QED) is 0.174. The Labute approximate surface area is 209 Å². The van der Waals surface area contributed by atoms with E-state index in [1.165, 1.54) is 101 Å². The number of hydrogen-bond acceptors (Lipinski definition) is 3. The van der Waals surface area contributed by atoms with Crippen molar-refractivity contribution in [3.05, 3.63) is 0 Å². The van der Waals surface area contributed by atoms with Crippen molar-refractivity contribution in [3.8, 4) is 0 Å². The summed E-state index contributed by atoms with van der Waals surface area (Å²) in [6, 6.07) is 0.643. The molecule has 0 aliphatic heterocycles. The van der Waals surface area contributed by atoms with Crippen molar-refractivity contribution in [3.63, 3.8) is 0 Å². The molecule has 0 rings (SSSR count). The van der Waals surface area contributed by atoms with E-state index in [0.717, 1.165) is 12.8 Å². The van der Waals surface area contributed by atoms with Gasteiger partial charge in [0.05, 0.1) is 20.1 Å². The number of rotatable bonds is 23. The highest BCUT2D eigenvalue weighted by Crippen LogP contribution is 2.34. The first-order chi connectivity index (χ1) is 15.0. The van der Waals surface area contributed by atoms with Crippen LogP contribution < -0.4 is 17.3 Å². The van der Waals surface area contributed by atoms with Crippen LogP contribution in [0.2, 0.25) is 5.54 Å². The second-order valence-electron chi connectivity index (χ2n) is 9.74. The Kier molecular flexibility index (Phi) is 24.9. The summed E-state index contributed by atoms with van der Waals surface area (Å²) in [4.78, 5) is 1.53. The maximum absolute atomic E-state index is 5.91. The molecule has 0 aromatic heterocycles. The summed E-state index contributed by atoms with van der Waals surface area (Å²) in [5.41, 5.74) is 0.395. The molecule has 2 atom stereocenters. The first-order valence-corrected chi connectivity index (χ1v) is 15.3. The molecule has 0 fully saturated rings. The molecule has 4 nitrogen and oxygen atoms in total. The third-order valence-electron chi connectivity index (χ3n) is 7.03. The first-order valence-electron chi connectivity index (χ1n) is 13.5. The third kappa shape index (κ3) is 15.3. The van der Waals surface area contributed by atoms with Gasteiger partial charge in [-0.1, -0.05) is 104 Å². The zero-order valence-corrected chi connectivity index (χ0v) is 24.5. The van der Waals surface area contributed by atoms with Crippen LogP contribution in [-0.4, -0.2) is 50.3 Å². The van der Waals surface area contributed by atoms with Gasteiger partial charge < -0.3 is 30.6 Å². The van der Waals surface area contributed by atoms with Crippen LogP contribution in [0.4, 0.5) is 0 Å². The normalized spacial score (nSPS) is 13.9. The van der Waals surface area contributed by atoms with E-state index in [4.69, 9.17) is 13.3 Å². The predicted molar refractivity (Wildman–Crippen MR) is 137 cm³/mol. The van der Waals surface area contributed by atoms with E-state index in [2.05, 4.69) is 27.9 Å². The molecule has 0 aromatic carbocycles. The zero-order chi connectivity index (χ0) is 23.4. The highest BCUT2D eigenvalue weighted by molar-refractivity contribution is 6.62. The molecule has 0 radical (unpaired) electrons. The average molecular weight is 496 g/mol. The van der Waals surface area contributed by atoms with E-state index in [1.807, 2.05) is 0 Å². The fraction of sp³-hybridized carbons (Fsp3) is 1.00. The first kappa shape index (κ1) is 34.5. The van der Waals surface area contributed by atoms with Gasteiger partial charge in [-0.05, 0) is 12.8 Å². The van der Waals surface area contributed by atoms with Gasteiger partial charge in [0.25, 0.3) is 0 Å². The lowest BCUT2D eigenvalue weighted by atomic mass is 10.0.